The lowest BCUT2D eigenvalue weighted by Crippen LogP contribution is -2.34. The molecule has 0 unspecified atom stereocenters. The average molecular weight is 335 g/mol. The number of para-hydroxylation sites is 2. The average Bonchev–Trinajstić information content (AvgIpc) is 2.61. The number of fused-ring (bicyclic) bond motifs is 1. The van der Waals surface area contributed by atoms with Crippen LogP contribution in [0.1, 0.15) is 16.8 Å². The van der Waals surface area contributed by atoms with Crippen molar-refractivity contribution in [3.8, 4) is 0 Å². The van der Waals surface area contributed by atoms with Crippen LogP contribution >= 0.6 is 0 Å². The van der Waals surface area contributed by atoms with Crippen molar-refractivity contribution in [2.75, 3.05) is 11.4 Å². The Balaban J connectivity index is 2.09. The Labute approximate surface area is 143 Å². The minimum Gasteiger partial charge on any atom is -0.370 e. The van der Waals surface area contributed by atoms with Crippen LogP contribution in [0.4, 0.5) is 5.69 Å². The number of nitrogens with one attached hydrogen (secondary N) is 1. The predicted molar refractivity (Wildman–Crippen MR) is 96.5 cm³/mol. The molecule has 0 spiro atoms. The molecule has 0 bridgehead atoms. The van der Waals surface area contributed by atoms with Gasteiger partial charge in [0.05, 0.1) is 5.56 Å². The van der Waals surface area contributed by atoms with Gasteiger partial charge in [0.2, 0.25) is 11.5 Å². The van der Waals surface area contributed by atoms with Crippen LogP contribution < -0.4 is 16.2 Å². The summed E-state index contributed by atoms with van der Waals surface area (Å²) in [5.41, 5.74) is 6.39. The number of primary amides is 1. The van der Waals surface area contributed by atoms with Crippen molar-refractivity contribution in [1.82, 2.24) is 4.98 Å². The van der Waals surface area contributed by atoms with E-state index >= 15 is 0 Å². The SMILES string of the molecule is NC(=O)CCN(C(=O)c1cc(=O)[nH]c2ccccc12)c1ccccc1. The molecule has 0 aliphatic rings. The number of amides is 2. The van der Waals surface area contributed by atoms with Gasteiger partial charge in [-0.3, -0.25) is 14.4 Å². The van der Waals surface area contributed by atoms with Crippen molar-refractivity contribution < 1.29 is 9.59 Å². The van der Waals surface area contributed by atoms with Crippen LogP contribution in [0.25, 0.3) is 10.9 Å². The first kappa shape index (κ1) is 16.4. The van der Waals surface area contributed by atoms with Crippen LogP contribution in [0.15, 0.2) is 65.5 Å². The fourth-order valence-electron chi connectivity index (χ4n) is 2.70. The summed E-state index contributed by atoms with van der Waals surface area (Å²) in [5.74, 6) is -0.848. The molecule has 6 heteroatoms. The van der Waals surface area contributed by atoms with Gasteiger partial charge in [-0.05, 0) is 18.2 Å². The summed E-state index contributed by atoms with van der Waals surface area (Å²) in [4.78, 5) is 40.4. The van der Waals surface area contributed by atoms with Crippen LogP contribution in [-0.4, -0.2) is 23.3 Å². The molecule has 2 amide bonds. The molecule has 126 valence electrons. The van der Waals surface area contributed by atoms with Gasteiger partial charge in [0.15, 0.2) is 0 Å². The number of anilines is 1. The van der Waals surface area contributed by atoms with Crippen molar-refractivity contribution in [3.63, 3.8) is 0 Å². The van der Waals surface area contributed by atoms with Crippen LogP contribution in [0.2, 0.25) is 0 Å². The number of carbonyl (C=O) groups is 2. The number of nitrogens with zero attached hydrogens (tertiary/aromatic N) is 1. The summed E-state index contributed by atoms with van der Waals surface area (Å²) < 4.78 is 0. The first-order chi connectivity index (χ1) is 12.1. The van der Waals surface area contributed by atoms with E-state index < -0.39 is 5.91 Å². The molecule has 3 rings (SSSR count). The van der Waals surface area contributed by atoms with Gasteiger partial charge in [-0.15, -0.1) is 0 Å². The lowest BCUT2D eigenvalue weighted by Gasteiger charge is -2.23. The molecule has 3 aromatic rings. The molecule has 0 saturated heterocycles. The summed E-state index contributed by atoms with van der Waals surface area (Å²) in [7, 11) is 0. The highest BCUT2D eigenvalue weighted by atomic mass is 16.2. The molecule has 6 nitrogen and oxygen atoms in total. The van der Waals surface area contributed by atoms with Crippen LogP contribution in [0, 0.1) is 0 Å². The Morgan fingerprint density at radius 2 is 1.68 bits per heavy atom. The van der Waals surface area contributed by atoms with Gasteiger partial charge in [0.25, 0.3) is 5.91 Å². The molecule has 25 heavy (non-hydrogen) atoms. The van der Waals surface area contributed by atoms with Crippen LogP contribution in [-0.2, 0) is 4.79 Å². The fraction of sp³-hybridized carbons (Fsp3) is 0.105. The number of hydrogen-bond donors (Lipinski definition) is 2. The van der Waals surface area contributed by atoms with Gasteiger partial charge < -0.3 is 15.6 Å². The van der Waals surface area contributed by atoms with Gasteiger partial charge in [-0.25, -0.2) is 0 Å². The largest absolute Gasteiger partial charge is 0.370 e. The first-order valence-corrected chi connectivity index (χ1v) is 7.83. The van der Waals surface area contributed by atoms with Crippen molar-refractivity contribution >= 4 is 28.4 Å². The quantitative estimate of drug-likeness (QED) is 0.747. The number of benzene rings is 2. The monoisotopic (exact) mass is 335 g/mol. The Hall–Kier alpha value is -3.41. The molecule has 2 aromatic carbocycles. The maximum absolute atomic E-state index is 13.1. The number of H-pyrrole nitrogens is 1. The van der Waals surface area contributed by atoms with Crippen LogP contribution in [0.3, 0.4) is 0 Å². The number of nitrogens with two attached hydrogens (primary N) is 1. The van der Waals surface area contributed by atoms with Crippen molar-refractivity contribution in [2.45, 2.75) is 6.42 Å². The predicted octanol–water partition coefficient (Wildman–Crippen LogP) is 2.05. The Kier molecular flexibility index (Phi) is 4.61. The number of hydrogen-bond acceptors (Lipinski definition) is 3. The Morgan fingerprint density at radius 3 is 2.40 bits per heavy atom. The minimum atomic E-state index is -0.496. The van der Waals surface area contributed by atoms with E-state index in [1.165, 1.54) is 11.0 Å². The van der Waals surface area contributed by atoms with E-state index in [4.69, 9.17) is 5.73 Å². The zero-order valence-corrected chi connectivity index (χ0v) is 13.4. The lowest BCUT2D eigenvalue weighted by atomic mass is 10.1. The number of aromatic amines is 1. The van der Waals surface area contributed by atoms with Crippen molar-refractivity contribution in [2.24, 2.45) is 5.73 Å². The second-order valence-corrected chi connectivity index (χ2v) is 5.60. The van der Waals surface area contributed by atoms with E-state index in [0.29, 0.717) is 16.6 Å². The molecule has 3 N–H and O–H groups in total. The Morgan fingerprint density at radius 1 is 1.00 bits per heavy atom. The molecule has 0 fully saturated rings. The van der Waals surface area contributed by atoms with Crippen LogP contribution in [0.5, 0.6) is 0 Å². The second-order valence-electron chi connectivity index (χ2n) is 5.60. The fourth-order valence-corrected chi connectivity index (χ4v) is 2.70. The van der Waals surface area contributed by atoms with Crippen molar-refractivity contribution in [3.05, 3.63) is 76.6 Å². The molecular weight excluding hydrogens is 318 g/mol. The molecular formula is C19H17N3O3. The molecule has 1 aromatic heterocycles. The van der Waals surface area contributed by atoms with Gasteiger partial charge in [0.1, 0.15) is 0 Å². The number of pyridine rings is 1. The lowest BCUT2D eigenvalue weighted by molar-refractivity contribution is -0.117. The maximum atomic E-state index is 13.1. The minimum absolute atomic E-state index is 0.0295. The first-order valence-electron chi connectivity index (χ1n) is 7.83. The van der Waals surface area contributed by atoms with Gasteiger partial charge in [-0.1, -0.05) is 36.4 Å². The summed E-state index contributed by atoms with van der Waals surface area (Å²) in [5, 5.41) is 0.645. The normalized spacial score (nSPS) is 10.6. The third kappa shape index (κ3) is 3.58. The zero-order valence-electron chi connectivity index (χ0n) is 13.4. The standard InChI is InChI=1S/C19H17N3O3/c20-17(23)10-11-22(13-6-2-1-3-7-13)19(25)15-12-18(24)21-16-9-5-4-8-14(15)16/h1-9,12H,10-11H2,(H2,20,23)(H,21,24). The molecule has 1 heterocycles. The Bertz CT molecular complexity index is 980. The van der Waals surface area contributed by atoms with Crippen molar-refractivity contribution in [1.29, 1.82) is 0 Å². The highest BCUT2D eigenvalue weighted by Gasteiger charge is 2.21. The zero-order chi connectivity index (χ0) is 17.8. The molecule has 0 atom stereocenters. The molecule has 0 saturated carbocycles. The van der Waals surface area contributed by atoms with E-state index in [0.717, 1.165) is 0 Å². The van der Waals surface area contributed by atoms with Gasteiger partial charge >= 0.3 is 0 Å². The van der Waals surface area contributed by atoms with E-state index in [9.17, 15) is 14.4 Å². The van der Waals surface area contributed by atoms with E-state index in [1.54, 1.807) is 48.5 Å². The summed E-state index contributed by atoms with van der Waals surface area (Å²) in [6, 6.07) is 17.4. The maximum Gasteiger partial charge on any atom is 0.259 e. The molecule has 0 aliphatic carbocycles. The molecule has 0 aliphatic heterocycles. The van der Waals surface area contributed by atoms with Gasteiger partial charge in [0, 0.05) is 35.6 Å². The number of rotatable bonds is 5. The highest BCUT2D eigenvalue weighted by molar-refractivity contribution is 6.13. The third-order valence-electron chi connectivity index (χ3n) is 3.88. The summed E-state index contributed by atoms with van der Waals surface area (Å²) in [6.07, 6.45) is 0.0295. The number of carbonyl (C=O) groups excluding carboxylic acids is 2. The summed E-state index contributed by atoms with van der Waals surface area (Å²) in [6.45, 7) is 0.138. The van der Waals surface area contributed by atoms with E-state index in [-0.39, 0.29) is 30.0 Å². The molecule has 0 radical (unpaired) electrons. The van der Waals surface area contributed by atoms with E-state index in [2.05, 4.69) is 4.98 Å². The number of aromatic nitrogens is 1. The highest BCUT2D eigenvalue weighted by Crippen LogP contribution is 2.21. The van der Waals surface area contributed by atoms with E-state index in [1.807, 2.05) is 6.07 Å². The summed E-state index contributed by atoms with van der Waals surface area (Å²) >= 11 is 0. The topological polar surface area (TPSA) is 96.3 Å². The second kappa shape index (κ2) is 7.00. The smallest absolute Gasteiger partial charge is 0.259 e. The third-order valence-corrected chi connectivity index (χ3v) is 3.88. The van der Waals surface area contributed by atoms with Gasteiger partial charge in [-0.2, -0.15) is 0 Å².